The van der Waals surface area contributed by atoms with Gasteiger partial charge >= 0.3 is 0 Å². The Morgan fingerprint density at radius 1 is 1.26 bits per heavy atom. The van der Waals surface area contributed by atoms with Crippen molar-refractivity contribution in [2.24, 2.45) is 0 Å². The van der Waals surface area contributed by atoms with Gasteiger partial charge in [0, 0.05) is 5.56 Å². The van der Waals surface area contributed by atoms with E-state index >= 15 is 0 Å². The minimum Gasteiger partial charge on any atom is -0.438 e. The highest BCUT2D eigenvalue weighted by molar-refractivity contribution is 5.48. The number of anilines is 1. The molecule has 0 aliphatic carbocycles. The molecule has 0 spiro atoms. The molecular weight excluding hydrogens is 242 g/mol. The fraction of sp³-hybridized carbons (Fsp3) is 0.286. The Morgan fingerprint density at radius 2 is 2.00 bits per heavy atom. The number of hydrogen-bond donors (Lipinski definition) is 2. The molecule has 5 heteroatoms. The zero-order valence-electron chi connectivity index (χ0n) is 11.0. The van der Waals surface area contributed by atoms with Crippen LogP contribution in [0.15, 0.2) is 30.6 Å². The monoisotopic (exact) mass is 259 g/mol. The molecule has 3 N–H and O–H groups in total. The van der Waals surface area contributed by atoms with Crippen molar-refractivity contribution in [1.82, 2.24) is 9.97 Å². The Labute approximate surface area is 112 Å². The Balaban J connectivity index is 2.41. The average molecular weight is 259 g/mol. The zero-order valence-corrected chi connectivity index (χ0v) is 11.0. The topological polar surface area (TPSA) is 81.3 Å². The van der Waals surface area contributed by atoms with Crippen LogP contribution < -0.4 is 10.5 Å². The number of aliphatic hydroxyl groups excluding tert-OH is 1. The number of benzene rings is 1. The van der Waals surface area contributed by atoms with Gasteiger partial charge in [-0.15, -0.1) is 0 Å². The molecule has 0 bridgehead atoms. The van der Waals surface area contributed by atoms with Gasteiger partial charge in [0.2, 0.25) is 5.88 Å². The van der Waals surface area contributed by atoms with E-state index in [2.05, 4.69) is 9.97 Å². The van der Waals surface area contributed by atoms with Gasteiger partial charge in [-0.05, 0) is 12.0 Å². The van der Waals surface area contributed by atoms with Gasteiger partial charge in [-0.3, -0.25) is 0 Å². The molecule has 0 atom stereocenters. The van der Waals surface area contributed by atoms with Crippen LogP contribution in [0, 0.1) is 0 Å². The van der Waals surface area contributed by atoms with E-state index in [1.807, 2.05) is 26.0 Å². The van der Waals surface area contributed by atoms with E-state index in [9.17, 15) is 5.11 Å². The van der Waals surface area contributed by atoms with Crippen molar-refractivity contribution in [3.8, 4) is 11.6 Å². The number of rotatable bonds is 4. The molecule has 1 aromatic heterocycles. The summed E-state index contributed by atoms with van der Waals surface area (Å²) in [5, 5.41) is 9.29. The Kier molecular flexibility index (Phi) is 3.97. The molecule has 0 saturated carbocycles. The summed E-state index contributed by atoms with van der Waals surface area (Å²) in [5.74, 6) is 1.58. The van der Waals surface area contributed by atoms with Gasteiger partial charge in [0.1, 0.15) is 17.9 Å². The Bertz CT molecular complexity index is 570. The fourth-order valence-corrected chi connectivity index (χ4v) is 1.85. The molecule has 0 radical (unpaired) electrons. The van der Waals surface area contributed by atoms with Gasteiger partial charge in [0.05, 0.1) is 12.2 Å². The van der Waals surface area contributed by atoms with Crippen LogP contribution in [0.5, 0.6) is 11.6 Å². The predicted octanol–water partition coefficient (Wildman–Crippen LogP) is 2.47. The number of hydrogen-bond acceptors (Lipinski definition) is 5. The molecule has 0 unspecified atom stereocenters. The summed E-state index contributed by atoms with van der Waals surface area (Å²) in [5.41, 5.74) is 7.34. The van der Waals surface area contributed by atoms with Crippen LogP contribution in [0.3, 0.4) is 0 Å². The highest BCUT2D eigenvalue weighted by atomic mass is 16.5. The second-order valence-electron chi connectivity index (χ2n) is 4.50. The lowest BCUT2D eigenvalue weighted by Gasteiger charge is -2.15. The van der Waals surface area contributed by atoms with E-state index in [0.717, 1.165) is 5.56 Å². The molecule has 0 aliphatic heterocycles. The maximum atomic E-state index is 9.29. The molecule has 0 aliphatic rings. The standard InChI is InChI=1S/C14H17N3O2/c1-9(2)12-13(15)16-8-17-14(12)19-11-6-4-3-5-10(11)7-18/h3-6,8-9,18H,7H2,1-2H3,(H2,15,16,17). The number of ether oxygens (including phenoxy) is 1. The molecule has 100 valence electrons. The summed E-state index contributed by atoms with van der Waals surface area (Å²) < 4.78 is 5.78. The molecular formula is C14H17N3O2. The highest BCUT2D eigenvalue weighted by Gasteiger charge is 2.15. The lowest BCUT2D eigenvalue weighted by Crippen LogP contribution is -2.05. The van der Waals surface area contributed by atoms with Crippen LogP contribution in [-0.4, -0.2) is 15.1 Å². The molecule has 0 saturated heterocycles. The predicted molar refractivity (Wildman–Crippen MR) is 73.0 cm³/mol. The van der Waals surface area contributed by atoms with Crippen LogP contribution >= 0.6 is 0 Å². The maximum absolute atomic E-state index is 9.29. The highest BCUT2D eigenvalue weighted by Crippen LogP contribution is 2.32. The van der Waals surface area contributed by atoms with Crippen LogP contribution in [0.1, 0.15) is 30.9 Å². The molecule has 2 rings (SSSR count). The van der Waals surface area contributed by atoms with Crippen molar-refractivity contribution < 1.29 is 9.84 Å². The van der Waals surface area contributed by atoms with Crippen LogP contribution in [0.4, 0.5) is 5.82 Å². The first-order valence-corrected chi connectivity index (χ1v) is 6.10. The van der Waals surface area contributed by atoms with Crippen molar-refractivity contribution in [3.05, 3.63) is 41.7 Å². The quantitative estimate of drug-likeness (QED) is 0.881. The number of nitrogen functional groups attached to an aromatic ring is 1. The van der Waals surface area contributed by atoms with E-state index in [0.29, 0.717) is 23.0 Å². The summed E-state index contributed by atoms with van der Waals surface area (Å²) in [6, 6.07) is 7.27. The van der Waals surface area contributed by atoms with Gasteiger partial charge < -0.3 is 15.6 Å². The maximum Gasteiger partial charge on any atom is 0.227 e. The molecule has 1 heterocycles. The average Bonchev–Trinajstić information content (AvgIpc) is 2.39. The smallest absolute Gasteiger partial charge is 0.227 e. The summed E-state index contributed by atoms with van der Waals surface area (Å²) >= 11 is 0. The van der Waals surface area contributed by atoms with Gasteiger partial charge in [0.25, 0.3) is 0 Å². The van der Waals surface area contributed by atoms with Gasteiger partial charge in [-0.1, -0.05) is 32.0 Å². The second kappa shape index (κ2) is 5.67. The van der Waals surface area contributed by atoms with Crippen molar-refractivity contribution >= 4 is 5.82 Å². The van der Waals surface area contributed by atoms with Crippen LogP contribution in [-0.2, 0) is 6.61 Å². The SMILES string of the molecule is CC(C)c1c(N)ncnc1Oc1ccccc1CO. The summed E-state index contributed by atoms with van der Waals surface area (Å²) in [4.78, 5) is 8.12. The molecule has 2 aromatic rings. The van der Waals surface area contributed by atoms with E-state index in [4.69, 9.17) is 10.5 Å². The summed E-state index contributed by atoms with van der Waals surface area (Å²) in [7, 11) is 0. The number of para-hydroxylation sites is 1. The third kappa shape index (κ3) is 2.82. The minimum absolute atomic E-state index is 0.0895. The lowest BCUT2D eigenvalue weighted by molar-refractivity contribution is 0.276. The van der Waals surface area contributed by atoms with Gasteiger partial charge in [-0.25, -0.2) is 9.97 Å². The number of aromatic nitrogens is 2. The first-order chi connectivity index (χ1) is 9.13. The Morgan fingerprint density at radius 3 is 2.68 bits per heavy atom. The molecule has 19 heavy (non-hydrogen) atoms. The number of aliphatic hydroxyl groups is 1. The summed E-state index contributed by atoms with van der Waals surface area (Å²) in [6.07, 6.45) is 1.37. The minimum atomic E-state index is -0.0895. The van der Waals surface area contributed by atoms with Crippen LogP contribution in [0.2, 0.25) is 0 Å². The molecule has 0 amide bonds. The van der Waals surface area contributed by atoms with E-state index in [1.54, 1.807) is 12.1 Å². The Hall–Kier alpha value is -2.14. The zero-order chi connectivity index (χ0) is 13.8. The van der Waals surface area contributed by atoms with Crippen LogP contribution in [0.25, 0.3) is 0 Å². The van der Waals surface area contributed by atoms with Gasteiger partial charge in [0.15, 0.2) is 0 Å². The lowest BCUT2D eigenvalue weighted by atomic mass is 10.1. The number of nitrogens with two attached hydrogens (primary N) is 1. The molecule has 0 fully saturated rings. The van der Waals surface area contributed by atoms with Crippen molar-refractivity contribution in [1.29, 1.82) is 0 Å². The van der Waals surface area contributed by atoms with E-state index < -0.39 is 0 Å². The third-order valence-electron chi connectivity index (χ3n) is 2.81. The normalized spacial score (nSPS) is 10.7. The largest absolute Gasteiger partial charge is 0.438 e. The fourth-order valence-electron chi connectivity index (χ4n) is 1.85. The molecule has 5 nitrogen and oxygen atoms in total. The first kappa shape index (κ1) is 13.3. The second-order valence-corrected chi connectivity index (χ2v) is 4.50. The third-order valence-corrected chi connectivity index (χ3v) is 2.81. The number of nitrogens with zero attached hydrogens (tertiary/aromatic N) is 2. The van der Waals surface area contributed by atoms with Crippen molar-refractivity contribution in [2.45, 2.75) is 26.4 Å². The van der Waals surface area contributed by atoms with Crippen molar-refractivity contribution in [2.75, 3.05) is 5.73 Å². The van der Waals surface area contributed by atoms with E-state index in [1.165, 1.54) is 6.33 Å². The van der Waals surface area contributed by atoms with Gasteiger partial charge in [-0.2, -0.15) is 0 Å². The first-order valence-electron chi connectivity index (χ1n) is 6.10. The summed E-state index contributed by atoms with van der Waals surface area (Å²) in [6.45, 7) is 3.91. The van der Waals surface area contributed by atoms with E-state index in [-0.39, 0.29) is 12.5 Å². The van der Waals surface area contributed by atoms with Crippen molar-refractivity contribution in [3.63, 3.8) is 0 Å². The molecule has 1 aromatic carbocycles.